The van der Waals surface area contributed by atoms with Crippen molar-refractivity contribution in [1.82, 2.24) is 9.78 Å². The topological polar surface area (TPSA) is 38.0 Å². The molecule has 0 aliphatic carbocycles. The maximum atomic E-state index is 11.1. The van der Waals surface area contributed by atoms with Crippen molar-refractivity contribution < 1.29 is 5.11 Å². The van der Waals surface area contributed by atoms with E-state index in [1.807, 2.05) is 42.8 Å². The fraction of sp³-hybridized carbons (Fsp3) is 0.438. The molecule has 0 radical (unpaired) electrons. The molecule has 1 heterocycles. The first-order valence-electron chi connectivity index (χ1n) is 7.11. The zero-order valence-corrected chi connectivity index (χ0v) is 15.7. The number of aryl methyl sites for hydroxylation is 2. The quantitative estimate of drug-likeness (QED) is 0.776. The molecule has 1 aromatic heterocycles. The molecule has 0 spiro atoms. The summed E-state index contributed by atoms with van der Waals surface area (Å²) in [6.07, 6.45) is 1.18. The Hall–Kier alpha value is -0.650. The van der Waals surface area contributed by atoms with Crippen LogP contribution in [0.3, 0.4) is 0 Å². The van der Waals surface area contributed by atoms with Crippen molar-refractivity contribution in [2.45, 2.75) is 45.8 Å². The summed E-state index contributed by atoms with van der Waals surface area (Å²) in [5.41, 5.74) is 2.03. The molecule has 0 aliphatic heterocycles. The third-order valence-corrected chi connectivity index (χ3v) is 5.38. The fourth-order valence-corrected chi connectivity index (χ4v) is 3.35. The summed E-state index contributed by atoms with van der Waals surface area (Å²) >= 11 is 7.09. The van der Waals surface area contributed by atoms with Gasteiger partial charge in [0.05, 0.1) is 21.5 Å². The van der Waals surface area contributed by atoms with Gasteiger partial charge in [-0.2, -0.15) is 5.10 Å². The van der Waals surface area contributed by atoms with E-state index in [-0.39, 0.29) is 0 Å². The normalized spacial score (nSPS) is 14.2. The second-order valence-electron chi connectivity index (χ2n) is 5.23. The summed E-state index contributed by atoms with van der Waals surface area (Å²) in [5.74, 6) is 0. The van der Waals surface area contributed by atoms with Gasteiger partial charge in [0.2, 0.25) is 0 Å². The van der Waals surface area contributed by atoms with Crippen molar-refractivity contribution in [3.05, 3.63) is 50.2 Å². The van der Waals surface area contributed by atoms with Crippen LogP contribution in [0.2, 0.25) is 0 Å². The summed E-state index contributed by atoms with van der Waals surface area (Å²) in [4.78, 5) is 0. The van der Waals surface area contributed by atoms with E-state index in [1.165, 1.54) is 0 Å². The number of halogens is 2. The Morgan fingerprint density at radius 1 is 1.29 bits per heavy atom. The highest BCUT2D eigenvalue weighted by Gasteiger charge is 2.30. The highest BCUT2D eigenvalue weighted by atomic mass is 79.9. The lowest BCUT2D eigenvalue weighted by molar-refractivity contribution is 0.0304. The zero-order chi connectivity index (χ0) is 15.6. The predicted octanol–water partition coefficient (Wildman–Crippen LogP) is 4.58. The molecule has 0 bridgehead atoms. The summed E-state index contributed by atoms with van der Waals surface area (Å²) in [6, 6.07) is 7.88. The van der Waals surface area contributed by atoms with E-state index >= 15 is 0 Å². The maximum absolute atomic E-state index is 11.1. The minimum atomic E-state index is -0.897. The molecule has 0 aliphatic rings. The average molecular weight is 416 g/mol. The minimum Gasteiger partial charge on any atom is -0.385 e. The molecule has 2 aromatic rings. The van der Waals surface area contributed by atoms with Gasteiger partial charge in [0, 0.05) is 17.4 Å². The molecule has 5 heteroatoms. The van der Waals surface area contributed by atoms with Crippen LogP contribution in [0.1, 0.15) is 37.2 Å². The lowest BCUT2D eigenvalue weighted by Gasteiger charge is -2.28. The van der Waals surface area contributed by atoms with Crippen molar-refractivity contribution in [2.24, 2.45) is 0 Å². The smallest absolute Gasteiger partial charge is 0.0949 e. The SMILES string of the molecule is CCn1nc(C)c(Br)c1CC(O)(CC)c1cccc(Br)c1. The van der Waals surface area contributed by atoms with Crippen LogP contribution < -0.4 is 0 Å². The Balaban J connectivity index is 2.43. The minimum absolute atomic E-state index is 0.537. The molecule has 0 amide bonds. The Bertz CT molecular complexity index is 639. The largest absolute Gasteiger partial charge is 0.385 e. The van der Waals surface area contributed by atoms with Crippen LogP contribution in [0.25, 0.3) is 0 Å². The van der Waals surface area contributed by atoms with Crippen LogP contribution >= 0.6 is 31.9 Å². The van der Waals surface area contributed by atoms with Gasteiger partial charge in [-0.3, -0.25) is 4.68 Å². The van der Waals surface area contributed by atoms with Gasteiger partial charge in [0.25, 0.3) is 0 Å². The molecular formula is C16H20Br2N2O. The van der Waals surface area contributed by atoms with E-state index in [4.69, 9.17) is 0 Å². The number of hydrogen-bond acceptors (Lipinski definition) is 2. The maximum Gasteiger partial charge on any atom is 0.0949 e. The Morgan fingerprint density at radius 2 is 2.00 bits per heavy atom. The number of rotatable bonds is 5. The molecule has 0 saturated heterocycles. The standard InChI is InChI=1S/C16H20Br2N2O/c1-4-16(21,12-7-6-8-13(17)9-12)10-14-15(18)11(3)19-20(14)5-2/h6-9,21H,4-5,10H2,1-3H3. The Morgan fingerprint density at radius 3 is 2.57 bits per heavy atom. The van der Waals surface area contributed by atoms with Gasteiger partial charge in [-0.15, -0.1) is 0 Å². The Labute approximate surface area is 142 Å². The summed E-state index contributed by atoms with van der Waals surface area (Å²) in [5, 5.41) is 15.6. The molecule has 1 aromatic carbocycles. The third kappa shape index (κ3) is 3.41. The van der Waals surface area contributed by atoms with Gasteiger partial charge >= 0.3 is 0 Å². The van der Waals surface area contributed by atoms with Crippen LogP contribution in [0.4, 0.5) is 0 Å². The second kappa shape index (κ2) is 6.63. The molecule has 1 atom stereocenters. The lowest BCUT2D eigenvalue weighted by Crippen LogP contribution is -2.29. The summed E-state index contributed by atoms with van der Waals surface area (Å²) in [7, 11) is 0. The predicted molar refractivity (Wildman–Crippen MR) is 92.4 cm³/mol. The van der Waals surface area contributed by atoms with Gasteiger partial charge in [0.15, 0.2) is 0 Å². The van der Waals surface area contributed by atoms with E-state index in [2.05, 4.69) is 43.9 Å². The van der Waals surface area contributed by atoms with E-state index < -0.39 is 5.60 Å². The molecule has 2 rings (SSSR count). The highest BCUT2D eigenvalue weighted by Crippen LogP contribution is 2.34. The molecule has 0 fully saturated rings. The van der Waals surface area contributed by atoms with E-state index in [1.54, 1.807) is 0 Å². The number of aromatic nitrogens is 2. The van der Waals surface area contributed by atoms with Crippen LogP contribution in [0.5, 0.6) is 0 Å². The molecular weight excluding hydrogens is 396 g/mol. The fourth-order valence-electron chi connectivity index (χ4n) is 2.52. The first-order chi connectivity index (χ1) is 9.91. The average Bonchev–Trinajstić information content (AvgIpc) is 2.74. The third-order valence-electron chi connectivity index (χ3n) is 3.86. The molecule has 1 unspecified atom stereocenters. The molecule has 114 valence electrons. The lowest BCUT2D eigenvalue weighted by atomic mass is 9.86. The van der Waals surface area contributed by atoms with Crippen LogP contribution in [-0.2, 0) is 18.6 Å². The molecule has 0 saturated carbocycles. The van der Waals surface area contributed by atoms with Crippen molar-refractivity contribution in [1.29, 1.82) is 0 Å². The molecule has 21 heavy (non-hydrogen) atoms. The van der Waals surface area contributed by atoms with Crippen molar-refractivity contribution in [3.8, 4) is 0 Å². The van der Waals surface area contributed by atoms with E-state index in [0.29, 0.717) is 12.8 Å². The van der Waals surface area contributed by atoms with Crippen molar-refractivity contribution >= 4 is 31.9 Å². The number of benzene rings is 1. The van der Waals surface area contributed by atoms with E-state index in [0.717, 1.165) is 32.4 Å². The molecule has 1 N–H and O–H groups in total. The second-order valence-corrected chi connectivity index (χ2v) is 6.94. The molecule has 3 nitrogen and oxygen atoms in total. The van der Waals surface area contributed by atoms with Gasteiger partial charge in [-0.1, -0.05) is 35.0 Å². The van der Waals surface area contributed by atoms with Crippen molar-refractivity contribution in [2.75, 3.05) is 0 Å². The van der Waals surface area contributed by atoms with Crippen molar-refractivity contribution in [3.63, 3.8) is 0 Å². The Kier molecular flexibility index (Phi) is 5.28. The number of hydrogen-bond donors (Lipinski definition) is 1. The zero-order valence-electron chi connectivity index (χ0n) is 12.5. The number of nitrogens with zero attached hydrogens (tertiary/aromatic N) is 2. The van der Waals surface area contributed by atoms with Crippen LogP contribution in [0.15, 0.2) is 33.2 Å². The van der Waals surface area contributed by atoms with E-state index in [9.17, 15) is 5.11 Å². The van der Waals surface area contributed by atoms with Crippen LogP contribution in [-0.4, -0.2) is 14.9 Å². The monoisotopic (exact) mass is 414 g/mol. The van der Waals surface area contributed by atoms with Gasteiger partial charge in [-0.05, 0) is 53.9 Å². The van der Waals surface area contributed by atoms with Gasteiger partial charge < -0.3 is 5.11 Å². The highest BCUT2D eigenvalue weighted by molar-refractivity contribution is 9.10. The van der Waals surface area contributed by atoms with Crippen LogP contribution in [0, 0.1) is 6.92 Å². The first-order valence-corrected chi connectivity index (χ1v) is 8.70. The van der Waals surface area contributed by atoms with Gasteiger partial charge in [-0.25, -0.2) is 0 Å². The van der Waals surface area contributed by atoms with Gasteiger partial charge in [0.1, 0.15) is 0 Å². The summed E-state index contributed by atoms with van der Waals surface area (Å²) in [6.45, 7) is 6.84. The summed E-state index contributed by atoms with van der Waals surface area (Å²) < 4.78 is 3.93. The number of aliphatic hydroxyl groups is 1. The first kappa shape index (κ1) is 16.7.